The monoisotopic (exact) mass is 493 g/mol. The summed E-state index contributed by atoms with van der Waals surface area (Å²) in [5, 5.41) is 23.9. The molecule has 12 heteroatoms. The van der Waals surface area contributed by atoms with Crippen molar-refractivity contribution in [2.75, 3.05) is 23.7 Å². The van der Waals surface area contributed by atoms with E-state index in [1.807, 2.05) is 37.3 Å². The van der Waals surface area contributed by atoms with Crippen LogP contribution >= 0.6 is 0 Å². The van der Waals surface area contributed by atoms with Crippen LogP contribution in [0.3, 0.4) is 0 Å². The Morgan fingerprint density at radius 1 is 1.14 bits per heavy atom. The SMILES string of the molecule is Cc1cc(Nc2nc(NC3CC4CCC(C3)N4S(=O)(=O)N3CC(C#N)C3)nc3ccccc23)n[nH]1. The van der Waals surface area contributed by atoms with E-state index >= 15 is 0 Å². The van der Waals surface area contributed by atoms with Crippen LogP contribution in [0.15, 0.2) is 30.3 Å². The zero-order valence-corrected chi connectivity index (χ0v) is 20.2. The third-order valence-electron chi connectivity index (χ3n) is 7.18. The minimum absolute atomic E-state index is 0.0533. The Morgan fingerprint density at radius 3 is 2.57 bits per heavy atom. The molecule has 35 heavy (non-hydrogen) atoms. The fraction of sp³-hybridized carbons (Fsp3) is 0.478. The first kappa shape index (κ1) is 22.2. The van der Waals surface area contributed by atoms with Crippen molar-refractivity contribution in [2.24, 2.45) is 5.92 Å². The van der Waals surface area contributed by atoms with Gasteiger partial charge in [0.05, 0.1) is 17.5 Å². The summed E-state index contributed by atoms with van der Waals surface area (Å²) in [5.41, 5.74) is 1.76. The smallest absolute Gasteiger partial charge is 0.282 e. The molecule has 3 aliphatic heterocycles. The number of anilines is 3. The van der Waals surface area contributed by atoms with Gasteiger partial charge in [0, 0.05) is 48.4 Å². The summed E-state index contributed by atoms with van der Waals surface area (Å²) in [4.78, 5) is 9.47. The lowest BCUT2D eigenvalue weighted by atomic mass is 10.00. The third kappa shape index (κ3) is 3.99. The van der Waals surface area contributed by atoms with Gasteiger partial charge in [-0.2, -0.15) is 32.4 Å². The summed E-state index contributed by atoms with van der Waals surface area (Å²) >= 11 is 0. The predicted octanol–water partition coefficient (Wildman–Crippen LogP) is 2.51. The van der Waals surface area contributed by atoms with E-state index in [0.717, 1.165) is 29.4 Å². The van der Waals surface area contributed by atoms with Crippen LogP contribution in [0.25, 0.3) is 10.9 Å². The van der Waals surface area contributed by atoms with Crippen LogP contribution in [0.2, 0.25) is 0 Å². The van der Waals surface area contributed by atoms with Crippen LogP contribution in [0, 0.1) is 24.2 Å². The molecule has 3 N–H and O–H groups in total. The zero-order valence-electron chi connectivity index (χ0n) is 19.3. The molecule has 2 unspecified atom stereocenters. The van der Waals surface area contributed by atoms with E-state index in [4.69, 9.17) is 15.2 Å². The quantitative estimate of drug-likeness (QED) is 0.475. The summed E-state index contributed by atoms with van der Waals surface area (Å²) in [7, 11) is -3.53. The Hall–Kier alpha value is -3.27. The molecule has 0 radical (unpaired) electrons. The van der Waals surface area contributed by atoms with Crippen molar-refractivity contribution in [3.63, 3.8) is 0 Å². The molecule has 182 valence electrons. The maximum Gasteiger partial charge on any atom is 0.282 e. The number of nitrogens with zero attached hydrogens (tertiary/aromatic N) is 6. The standard InChI is InChI=1S/C23H27N9O2S/c1-14-8-21(30-29-14)27-22-19-4-2-3-5-20(19)26-23(28-22)25-16-9-17-6-7-18(10-16)32(17)35(33,34)31-12-15(11-24)13-31/h2-5,8,15-18H,6-7,9-10,12-13H2,1H3,(H3,25,26,27,28,29,30). The molecule has 0 amide bonds. The number of aromatic amines is 1. The molecule has 3 fully saturated rings. The molecule has 6 rings (SSSR count). The van der Waals surface area contributed by atoms with Crippen molar-refractivity contribution in [3.05, 3.63) is 36.0 Å². The Labute approximate surface area is 203 Å². The number of rotatable bonds is 6. The van der Waals surface area contributed by atoms with E-state index in [2.05, 4.69) is 26.9 Å². The largest absolute Gasteiger partial charge is 0.351 e. The highest BCUT2D eigenvalue weighted by molar-refractivity contribution is 7.86. The average Bonchev–Trinajstić information content (AvgIpc) is 3.33. The molecule has 3 aromatic rings. The first-order valence-corrected chi connectivity index (χ1v) is 13.3. The highest BCUT2D eigenvalue weighted by Gasteiger charge is 2.51. The van der Waals surface area contributed by atoms with Crippen LogP contribution in [0.1, 0.15) is 31.4 Å². The molecule has 2 atom stereocenters. The van der Waals surface area contributed by atoms with E-state index in [1.165, 1.54) is 4.31 Å². The second kappa shape index (κ2) is 8.44. The number of fused-ring (bicyclic) bond motifs is 3. The van der Waals surface area contributed by atoms with Gasteiger partial charge in [-0.3, -0.25) is 5.10 Å². The second-order valence-electron chi connectivity index (χ2n) is 9.65. The summed E-state index contributed by atoms with van der Waals surface area (Å²) < 4.78 is 29.6. The zero-order chi connectivity index (χ0) is 24.2. The number of benzene rings is 1. The van der Waals surface area contributed by atoms with Gasteiger partial charge in [0.1, 0.15) is 5.82 Å². The fourth-order valence-corrected chi connectivity index (χ4v) is 7.63. The van der Waals surface area contributed by atoms with Crippen molar-refractivity contribution in [3.8, 4) is 6.07 Å². The number of hydrogen-bond acceptors (Lipinski definition) is 8. The molecular weight excluding hydrogens is 466 g/mol. The number of hydrogen-bond donors (Lipinski definition) is 3. The van der Waals surface area contributed by atoms with E-state index in [0.29, 0.717) is 43.5 Å². The van der Waals surface area contributed by atoms with Gasteiger partial charge in [0.25, 0.3) is 10.2 Å². The predicted molar refractivity (Wildman–Crippen MR) is 131 cm³/mol. The minimum atomic E-state index is -3.53. The summed E-state index contributed by atoms with van der Waals surface area (Å²) in [6.07, 6.45) is 3.09. The molecule has 0 saturated carbocycles. The lowest BCUT2D eigenvalue weighted by molar-refractivity contribution is 0.182. The Morgan fingerprint density at radius 2 is 1.89 bits per heavy atom. The second-order valence-corrected chi connectivity index (χ2v) is 11.5. The van der Waals surface area contributed by atoms with Crippen molar-refractivity contribution in [2.45, 2.75) is 50.7 Å². The average molecular weight is 494 g/mol. The van der Waals surface area contributed by atoms with Gasteiger partial charge in [0.2, 0.25) is 5.95 Å². The number of nitrogens with one attached hydrogen (secondary N) is 3. The van der Waals surface area contributed by atoms with Crippen molar-refractivity contribution >= 4 is 38.7 Å². The lowest BCUT2D eigenvalue weighted by Crippen LogP contribution is -2.59. The molecule has 3 saturated heterocycles. The van der Waals surface area contributed by atoms with Crippen LogP contribution < -0.4 is 10.6 Å². The number of piperidine rings is 1. The Bertz CT molecular complexity index is 1400. The number of nitriles is 1. The molecule has 2 bridgehead atoms. The van der Waals surface area contributed by atoms with Gasteiger partial charge in [0.15, 0.2) is 5.82 Å². The van der Waals surface area contributed by atoms with Gasteiger partial charge in [-0.25, -0.2) is 4.98 Å². The lowest BCUT2D eigenvalue weighted by Gasteiger charge is -2.43. The highest BCUT2D eigenvalue weighted by atomic mass is 32.2. The summed E-state index contributed by atoms with van der Waals surface area (Å²) in [5.74, 6) is 1.66. The van der Waals surface area contributed by atoms with E-state index in [1.54, 1.807) is 4.31 Å². The number of aryl methyl sites for hydroxylation is 1. The van der Waals surface area contributed by atoms with Crippen LogP contribution in [0.5, 0.6) is 0 Å². The molecule has 0 aliphatic carbocycles. The summed E-state index contributed by atoms with van der Waals surface area (Å²) in [6, 6.07) is 11.8. The van der Waals surface area contributed by atoms with Crippen molar-refractivity contribution in [1.29, 1.82) is 5.26 Å². The molecule has 2 aromatic heterocycles. The highest BCUT2D eigenvalue weighted by Crippen LogP contribution is 2.40. The topological polar surface area (TPSA) is 143 Å². The van der Waals surface area contributed by atoms with E-state index < -0.39 is 10.2 Å². The van der Waals surface area contributed by atoms with E-state index in [-0.39, 0.29) is 24.0 Å². The van der Waals surface area contributed by atoms with Gasteiger partial charge in [-0.1, -0.05) is 12.1 Å². The van der Waals surface area contributed by atoms with Crippen LogP contribution in [-0.4, -0.2) is 68.4 Å². The third-order valence-corrected chi connectivity index (χ3v) is 9.26. The molecule has 11 nitrogen and oxygen atoms in total. The number of aromatic nitrogens is 4. The van der Waals surface area contributed by atoms with Gasteiger partial charge in [-0.15, -0.1) is 0 Å². The maximum absolute atomic E-state index is 13.2. The number of para-hydroxylation sites is 1. The van der Waals surface area contributed by atoms with Crippen LogP contribution in [-0.2, 0) is 10.2 Å². The van der Waals surface area contributed by atoms with Gasteiger partial charge >= 0.3 is 0 Å². The molecule has 0 spiro atoms. The normalized spacial score (nSPS) is 25.3. The molecule has 5 heterocycles. The fourth-order valence-electron chi connectivity index (χ4n) is 5.49. The van der Waals surface area contributed by atoms with Crippen LogP contribution in [0.4, 0.5) is 17.6 Å². The van der Waals surface area contributed by atoms with E-state index in [9.17, 15) is 8.42 Å². The first-order valence-electron chi connectivity index (χ1n) is 11.9. The van der Waals surface area contributed by atoms with Crippen molar-refractivity contribution in [1.82, 2.24) is 28.8 Å². The maximum atomic E-state index is 13.2. The molecule has 3 aliphatic rings. The molecular formula is C23H27N9O2S. The molecule has 1 aromatic carbocycles. The Balaban J connectivity index is 1.21. The minimum Gasteiger partial charge on any atom is -0.351 e. The first-order chi connectivity index (χ1) is 16.9. The summed E-state index contributed by atoms with van der Waals surface area (Å²) in [6.45, 7) is 2.54. The van der Waals surface area contributed by atoms with Crippen molar-refractivity contribution < 1.29 is 8.42 Å². The number of H-pyrrole nitrogens is 1. The van der Waals surface area contributed by atoms with Gasteiger partial charge < -0.3 is 10.6 Å². The Kier molecular flexibility index (Phi) is 5.36. The van der Waals surface area contributed by atoms with Gasteiger partial charge in [-0.05, 0) is 44.7 Å².